The molecule has 16 heavy (non-hydrogen) atoms. The monoisotopic (exact) mass is 267 g/mol. The molecule has 1 heterocycles. The van der Waals surface area contributed by atoms with Gasteiger partial charge in [0.2, 0.25) is 0 Å². The Kier molecular flexibility index (Phi) is 6.01. The van der Waals surface area contributed by atoms with Gasteiger partial charge in [-0.1, -0.05) is 6.07 Å². The molecular weight excluding hydrogens is 262 g/mol. The summed E-state index contributed by atoms with van der Waals surface area (Å²) in [5, 5.41) is 0. The summed E-state index contributed by atoms with van der Waals surface area (Å²) in [5.74, 6) is 0. The largest absolute Gasteiger partial charge is 1.00 e. The Morgan fingerprint density at radius 2 is 1.69 bits per heavy atom. The smallest absolute Gasteiger partial charge is 0.449 e. The predicted molar refractivity (Wildman–Crippen MR) is 42.0 cm³/mol. The van der Waals surface area contributed by atoms with Crippen LogP contribution in [-0.2, 0) is 12.5 Å². The number of aromatic nitrogens is 1. The zero-order chi connectivity index (χ0) is 11.7. The second-order valence-electron chi connectivity index (χ2n) is 2.93. The summed E-state index contributed by atoms with van der Waals surface area (Å²) in [5.41, 5.74) is -1.92. The van der Waals surface area contributed by atoms with E-state index in [1.165, 1.54) is 0 Å². The first-order chi connectivity index (χ1) is 6.68. The van der Waals surface area contributed by atoms with Crippen LogP contribution in [0, 0.1) is 0 Å². The summed E-state index contributed by atoms with van der Waals surface area (Å²) >= 11 is 0. The Morgan fingerprint density at radius 1 is 1.12 bits per heavy atom. The van der Waals surface area contributed by atoms with Crippen molar-refractivity contribution in [2.75, 3.05) is 0 Å². The van der Waals surface area contributed by atoms with Crippen LogP contribution in [0.15, 0.2) is 18.2 Å². The summed E-state index contributed by atoms with van der Waals surface area (Å²) in [6, 6.07) is 2.46. The average Bonchev–Trinajstić information content (AvgIpc) is 1.99. The van der Waals surface area contributed by atoms with Crippen LogP contribution < -0.4 is 51.4 Å². The van der Waals surface area contributed by atoms with Crippen LogP contribution in [0.2, 0.25) is 0 Å². The van der Waals surface area contributed by atoms with Crippen LogP contribution in [0.1, 0.15) is 11.4 Å². The minimum atomic E-state index is -5.17. The van der Waals surface area contributed by atoms with Crippen LogP contribution in [0.4, 0.5) is 26.1 Å². The third kappa shape index (κ3) is 5.67. The van der Waals surface area contributed by atoms with E-state index in [4.69, 9.17) is 0 Å². The van der Waals surface area contributed by atoms with E-state index in [2.05, 4.69) is 4.98 Å². The van der Waals surface area contributed by atoms with Crippen molar-refractivity contribution >= 4 is 6.98 Å². The second kappa shape index (κ2) is 5.85. The summed E-state index contributed by atoms with van der Waals surface area (Å²) < 4.78 is 71.9. The van der Waals surface area contributed by atoms with E-state index in [1.54, 1.807) is 0 Å². The topological polar surface area (TPSA) is 12.9 Å². The molecule has 84 valence electrons. The Hall–Kier alpha value is 0.431. The molecule has 0 saturated heterocycles. The molecule has 0 aromatic carbocycles. The van der Waals surface area contributed by atoms with Crippen molar-refractivity contribution in [1.82, 2.24) is 4.98 Å². The van der Waals surface area contributed by atoms with Gasteiger partial charge in [0, 0.05) is 5.69 Å². The van der Waals surface area contributed by atoms with Crippen LogP contribution in [0.3, 0.4) is 0 Å². The SMILES string of the molecule is F[B-](F)(F)Cc1cccc(C(F)(F)F)n1.[K+]. The maximum absolute atomic E-state index is 12.1. The van der Waals surface area contributed by atoms with Gasteiger partial charge in [0.1, 0.15) is 5.69 Å². The molecule has 0 radical (unpaired) electrons. The van der Waals surface area contributed by atoms with Crippen molar-refractivity contribution in [2.24, 2.45) is 0 Å². The van der Waals surface area contributed by atoms with Gasteiger partial charge in [-0.3, -0.25) is 4.98 Å². The maximum atomic E-state index is 12.1. The third-order valence-electron chi connectivity index (χ3n) is 1.54. The van der Waals surface area contributed by atoms with Crippen LogP contribution in [0.25, 0.3) is 0 Å². The molecule has 0 bridgehead atoms. The van der Waals surface area contributed by atoms with Crippen molar-refractivity contribution in [3.63, 3.8) is 0 Å². The molecule has 0 N–H and O–H groups in total. The van der Waals surface area contributed by atoms with Crippen molar-refractivity contribution in [3.8, 4) is 0 Å². The molecule has 0 atom stereocenters. The number of hydrogen-bond acceptors (Lipinski definition) is 1. The molecule has 0 unspecified atom stereocenters. The summed E-state index contributed by atoms with van der Waals surface area (Å²) in [6.45, 7) is -5.17. The fourth-order valence-corrected chi connectivity index (χ4v) is 0.988. The van der Waals surface area contributed by atoms with Crippen molar-refractivity contribution < 1.29 is 77.5 Å². The van der Waals surface area contributed by atoms with Gasteiger partial charge in [-0.2, -0.15) is 13.2 Å². The maximum Gasteiger partial charge on any atom is 1.00 e. The van der Waals surface area contributed by atoms with Crippen LogP contribution in [0.5, 0.6) is 0 Å². The Labute approximate surface area is 130 Å². The van der Waals surface area contributed by atoms with E-state index >= 15 is 0 Å². The Bertz CT molecular complexity index is 349. The molecule has 9 heteroatoms. The summed E-state index contributed by atoms with van der Waals surface area (Å²) in [6.07, 6.45) is -6.11. The van der Waals surface area contributed by atoms with Gasteiger partial charge >= 0.3 is 64.5 Å². The van der Waals surface area contributed by atoms with Crippen molar-refractivity contribution in [3.05, 3.63) is 29.6 Å². The summed E-state index contributed by atoms with van der Waals surface area (Å²) in [4.78, 5) is 2.90. The number of rotatable bonds is 2. The summed E-state index contributed by atoms with van der Waals surface area (Å²) in [7, 11) is 0. The molecule has 1 nitrogen and oxygen atoms in total. The zero-order valence-corrected chi connectivity index (χ0v) is 11.4. The standard InChI is InChI=1S/C7H5BF6N.K/c9-7(10,11)6-3-1-2-5(15-6)4-8(12,13)14;/h1-3H,4H2;/q-1;+1. The molecule has 0 aliphatic heterocycles. The van der Waals surface area contributed by atoms with Gasteiger partial charge in [-0.25, -0.2) is 0 Å². The Balaban J connectivity index is 0.00000225. The molecule has 0 amide bonds. The molecular formula is C7H5BF6KN. The number of alkyl halides is 3. The number of nitrogens with zero attached hydrogens (tertiary/aromatic N) is 1. The van der Waals surface area contributed by atoms with Crippen LogP contribution >= 0.6 is 0 Å². The van der Waals surface area contributed by atoms with Gasteiger partial charge in [0.05, 0.1) is 0 Å². The number of pyridine rings is 1. The third-order valence-corrected chi connectivity index (χ3v) is 1.54. The molecule has 1 rings (SSSR count). The van der Waals surface area contributed by atoms with E-state index in [1.807, 2.05) is 0 Å². The van der Waals surface area contributed by atoms with E-state index in [9.17, 15) is 26.1 Å². The predicted octanol–water partition coefficient (Wildman–Crippen LogP) is 0.0335. The van der Waals surface area contributed by atoms with Gasteiger partial charge < -0.3 is 12.9 Å². The molecule has 0 spiro atoms. The average molecular weight is 267 g/mol. The molecule has 1 aromatic heterocycles. The van der Waals surface area contributed by atoms with Gasteiger partial charge in [0.25, 0.3) is 0 Å². The normalized spacial score (nSPS) is 12.1. The van der Waals surface area contributed by atoms with E-state index in [0.717, 1.165) is 12.1 Å². The molecule has 0 aliphatic rings. The fourth-order valence-electron chi connectivity index (χ4n) is 0.988. The van der Waals surface area contributed by atoms with E-state index < -0.39 is 30.9 Å². The van der Waals surface area contributed by atoms with E-state index in [-0.39, 0.29) is 51.4 Å². The van der Waals surface area contributed by atoms with Crippen molar-refractivity contribution in [2.45, 2.75) is 12.5 Å². The van der Waals surface area contributed by atoms with Gasteiger partial charge in [-0.15, -0.1) is 0 Å². The minimum absolute atomic E-state index is 0. The van der Waals surface area contributed by atoms with Crippen molar-refractivity contribution in [1.29, 1.82) is 0 Å². The number of halogens is 6. The second-order valence-corrected chi connectivity index (χ2v) is 2.93. The zero-order valence-electron chi connectivity index (χ0n) is 8.23. The van der Waals surface area contributed by atoms with E-state index in [0.29, 0.717) is 6.07 Å². The first-order valence-corrected chi connectivity index (χ1v) is 3.92. The Morgan fingerprint density at radius 3 is 2.12 bits per heavy atom. The first kappa shape index (κ1) is 16.4. The van der Waals surface area contributed by atoms with Gasteiger partial charge in [-0.05, 0) is 18.5 Å². The van der Waals surface area contributed by atoms with Crippen LogP contribution in [-0.4, -0.2) is 12.0 Å². The first-order valence-electron chi connectivity index (χ1n) is 3.92. The quantitative estimate of drug-likeness (QED) is 0.544. The molecule has 0 saturated carbocycles. The molecule has 0 fully saturated rings. The molecule has 0 aliphatic carbocycles. The minimum Gasteiger partial charge on any atom is -0.449 e. The molecule has 1 aromatic rings. The van der Waals surface area contributed by atoms with Gasteiger partial charge in [0.15, 0.2) is 0 Å². The fraction of sp³-hybridized carbons (Fsp3) is 0.286. The number of hydrogen-bond donors (Lipinski definition) is 0.